The predicted molar refractivity (Wildman–Crippen MR) is 97.9 cm³/mol. The Labute approximate surface area is 152 Å². The van der Waals surface area contributed by atoms with Crippen molar-refractivity contribution in [2.24, 2.45) is 0 Å². The number of aryl methyl sites for hydroxylation is 2. The molecule has 2 aromatic rings. The number of ether oxygens (including phenoxy) is 1. The van der Waals surface area contributed by atoms with E-state index in [1.165, 1.54) is 6.07 Å². The van der Waals surface area contributed by atoms with E-state index in [9.17, 15) is 9.18 Å². The summed E-state index contributed by atoms with van der Waals surface area (Å²) in [6, 6.07) is 9.96. The van der Waals surface area contributed by atoms with Gasteiger partial charge in [0.25, 0.3) is 0 Å². The minimum atomic E-state index is -0.302. The molecular formula is C19H22ClFN2O2. The lowest BCUT2D eigenvalue weighted by atomic mass is 10.1. The largest absolute Gasteiger partial charge is 0.492 e. The third-order valence-corrected chi connectivity index (χ3v) is 4.30. The van der Waals surface area contributed by atoms with E-state index in [0.29, 0.717) is 31.7 Å². The first-order valence-corrected chi connectivity index (χ1v) is 8.50. The topological polar surface area (TPSA) is 50.4 Å². The molecule has 0 fully saturated rings. The first-order chi connectivity index (χ1) is 12.0. The maximum absolute atomic E-state index is 13.5. The van der Waals surface area contributed by atoms with Crippen LogP contribution in [-0.4, -0.2) is 25.7 Å². The number of benzene rings is 2. The third-order valence-electron chi connectivity index (χ3n) is 3.70. The molecule has 0 saturated carbocycles. The van der Waals surface area contributed by atoms with Crippen molar-refractivity contribution < 1.29 is 13.9 Å². The number of rotatable bonds is 7. The van der Waals surface area contributed by atoms with E-state index < -0.39 is 0 Å². The highest BCUT2D eigenvalue weighted by atomic mass is 35.5. The summed E-state index contributed by atoms with van der Waals surface area (Å²) in [5.74, 6) is 0.466. The molecule has 0 heterocycles. The van der Waals surface area contributed by atoms with Crippen molar-refractivity contribution in [2.45, 2.75) is 20.3 Å². The van der Waals surface area contributed by atoms with Gasteiger partial charge in [0.15, 0.2) is 0 Å². The molecule has 0 aromatic heterocycles. The molecule has 134 valence electrons. The van der Waals surface area contributed by atoms with Crippen molar-refractivity contribution in [2.75, 3.05) is 19.7 Å². The average Bonchev–Trinajstić information content (AvgIpc) is 2.58. The number of carbonyl (C=O) groups excluding carboxylic acids is 1. The van der Waals surface area contributed by atoms with Crippen LogP contribution in [0.4, 0.5) is 9.18 Å². The molecule has 6 heteroatoms. The van der Waals surface area contributed by atoms with Crippen molar-refractivity contribution in [3.05, 3.63) is 63.9 Å². The second-order valence-corrected chi connectivity index (χ2v) is 6.12. The maximum atomic E-state index is 13.5. The molecule has 25 heavy (non-hydrogen) atoms. The fourth-order valence-electron chi connectivity index (χ4n) is 2.40. The van der Waals surface area contributed by atoms with E-state index in [1.807, 2.05) is 26.0 Å². The normalized spacial score (nSPS) is 10.4. The fraction of sp³-hybridized carbons (Fsp3) is 0.316. The molecule has 0 aliphatic heterocycles. The summed E-state index contributed by atoms with van der Waals surface area (Å²) in [7, 11) is 0. The smallest absolute Gasteiger partial charge is 0.314 e. The Hall–Kier alpha value is -2.27. The van der Waals surface area contributed by atoms with Gasteiger partial charge >= 0.3 is 6.03 Å². The molecule has 0 radical (unpaired) electrons. The molecule has 0 aliphatic carbocycles. The first-order valence-electron chi connectivity index (χ1n) is 8.12. The van der Waals surface area contributed by atoms with Gasteiger partial charge in [-0.15, -0.1) is 0 Å². The summed E-state index contributed by atoms with van der Waals surface area (Å²) in [5, 5.41) is 6.13. The van der Waals surface area contributed by atoms with Crippen LogP contribution >= 0.6 is 11.6 Å². The van der Waals surface area contributed by atoms with Crippen LogP contribution in [0.15, 0.2) is 36.4 Å². The van der Waals surface area contributed by atoms with E-state index in [4.69, 9.17) is 16.3 Å². The average molecular weight is 365 g/mol. The lowest BCUT2D eigenvalue weighted by molar-refractivity contribution is 0.236. The standard InChI is InChI=1S/C19H22ClFN2O2/c1-13-11-16(12-14(2)18(13)20)25-10-9-23-19(24)22-8-7-15-5-3-4-6-17(15)21/h3-6,11-12H,7-10H2,1-2H3,(H2,22,23,24). The molecule has 0 saturated heterocycles. The number of hydrogen-bond acceptors (Lipinski definition) is 2. The van der Waals surface area contributed by atoms with Gasteiger partial charge in [-0.05, 0) is 55.2 Å². The number of urea groups is 1. The van der Waals surface area contributed by atoms with Crippen molar-refractivity contribution in [3.8, 4) is 5.75 Å². The maximum Gasteiger partial charge on any atom is 0.314 e. The van der Waals surface area contributed by atoms with Crippen LogP contribution in [0.2, 0.25) is 5.02 Å². The zero-order valence-corrected chi connectivity index (χ0v) is 15.1. The molecule has 2 N–H and O–H groups in total. The van der Waals surface area contributed by atoms with Gasteiger partial charge in [-0.2, -0.15) is 0 Å². The van der Waals surface area contributed by atoms with Crippen LogP contribution in [0, 0.1) is 19.7 Å². The Bertz CT molecular complexity index is 714. The fourth-order valence-corrected chi connectivity index (χ4v) is 2.51. The summed E-state index contributed by atoms with van der Waals surface area (Å²) in [6.45, 7) is 4.92. The minimum absolute atomic E-state index is 0.258. The molecule has 0 bridgehead atoms. The van der Waals surface area contributed by atoms with E-state index in [-0.39, 0.29) is 11.8 Å². The number of carbonyl (C=O) groups is 1. The van der Waals surface area contributed by atoms with Crippen LogP contribution in [0.25, 0.3) is 0 Å². The van der Waals surface area contributed by atoms with Crippen LogP contribution in [0.3, 0.4) is 0 Å². The third kappa shape index (κ3) is 5.94. The molecular weight excluding hydrogens is 343 g/mol. The Morgan fingerprint density at radius 1 is 1.12 bits per heavy atom. The van der Waals surface area contributed by atoms with Crippen molar-refractivity contribution in [3.63, 3.8) is 0 Å². The molecule has 2 rings (SSSR count). The van der Waals surface area contributed by atoms with E-state index >= 15 is 0 Å². The van der Waals surface area contributed by atoms with E-state index in [1.54, 1.807) is 18.2 Å². The molecule has 0 atom stereocenters. The lowest BCUT2D eigenvalue weighted by Crippen LogP contribution is -2.38. The Morgan fingerprint density at radius 3 is 2.44 bits per heavy atom. The second-order valence-electron chi connectivity index (χ2n) is 5.74. The highest BCUT2D eigenvalue weighted by Gasteiger charge is 2.05. The number of hydrogen-bond donors (Lipinski definition) is 2. The van der Waals surface area contributed by atoms with E-state index in [0.717, 1.165) is 21.9 Å². The van der Waals surface area contributed by atoms with Gasteiger partial charge in [-0.3, -0.25) is 0 Å². The number of nitrogens with one attached hydrogen (secondary N) is 2. The zero-order chi connectivity index (χ0) is 18.2. The van der Waals surface area contributed by atoms with Gasteiger partial charge in [0.2, 0.25) is 0 Å². The molecule has 2 aromatic carbocycles. The SMILES string of the molecule is Cc1cc(OCCNC(=O)NCCc2ccccc2F)cc(C)c1Cl. The van der Waals surface area contributed by atoms with Gasteiger partial charge < -0.3 is 15.4 Å². The Balaban J connectivity index is 1.65. The van der Waals surface area contributed by atoms with Crippen LogP contribution in [0.1, 0.15) is 16.7 Å². The van der Waals surface area contributed by atoms with Crippen molar-refractivity contribution in [1.82, 2.24) is 10.6 Å². The summed E-state index contributed by atoms with van der Waals surface area (Å²) >= 11 is 6.11. The van der Waals surface area contributed by atoms with Crippen molar-refractivity contribution >= 4 is 17.6 Å². The highest BCUT2D eigenvalue weighted by molar-refractivity contribution is 6.32. The summed E-state index contributed by atoms with van der Waals surface area (Å²) in [4.78, 5) is 11.7. The summed E-state index contributed by atoms with van der Waals surface area (Å²) in [5.41, 5.74) is 2.49. The molecule has 0 unspecified atom stereocenters. The minimum Gasteiger partial charge on any atom is -0.492 e. The van der Waals surface area contributed by atoms with Gasteiger partial charge in [-0.25, -0.2) is 9.18 Å². The van der Waals surface area contributed by atoms with Crippen LogP contribution < -0.4 is 15.4 Å². The Morgan fingerprint density at radius 2 is 1.76 bits per heavy atom. The Kier molecular flexibility index (Phi) is 7.07. The first kappa shape index (κ1) is 19.1. The highest BCUT2D eigenvalue weighted by Crippen LogP contribution is 2.25. The van der Waals surface area contributed by atoms with Gasteiger partial charge in [-0.1, -0.05) is 29.8 Å². The molecule has 0 spiro atoms. The van der Waals surface area contributed by atoms with Crippen LogP contribution in [0.5, 0.6) is 5.75 Å². The summed E-state index contributed by atoms with van der Waals surface area (Å²) < 4.78 is 19.1. The van der Waals surface area contributed by atoms with Crippen molar-refractivity contribution in [1.29, 1.82) is 0 Å². The monoisotopic (exact) mass is 364 g/mol. The molecule has 0 aliphatic rings. The number of amides is 2. The predicted octanol–water partition coefficient (Wildman–Crippen LogP) is 4.02. The van der Waals surface area contributed by atoms with Crippen LogP contribution in [-0.2, 0) is 6.42 Å². The quantitative estimate of drug-likeness (QED) is 0.729. The second kappa shape index (κ2) is 9.28. The molecule has 4 nitrogen and oxygen atoms in total. The van der Waals surface area contributed by atoms with E-state index in [2.05, 4.69) is 10.6 Å². The lowest BCUT2D eigenvalue weighted by Gasteiger charge is -2.11. The summed E-state index contributed by atoms with van der Waals surface area (Å²) in [6.07, 6.45) is 0.444. The van der Waals surface area contributed by atoms with Gasteiger partial charge in [0, 0.05) is 11.6 Å². The van der Waals surface area contributed by atoms with Gasteiger partial charge in [0.05, 0.1) is 6.54 Å². The zero-order valence-electron chi connectivity index (χ0n) is 14.4. The number of halogens is 2. The van der Waals surface area contributed by atoms with Gasteiger partial charge in [0.1, 0.15) is 18.2 Å². The molecule has 2 amide bonds.